The number of ether oxygens (including phenoxy) is 1. The lowest BCUT2D eigenvalue weighted by atomic mass is 9.49. The van der Waals surface area contributed by atoms with Crippen LogP contribution in [0.15, 0.2) is 96.6 Å². The van der Waals surface area contributed by atoms with Gasteiger partial charge in [-0.15, -0.1) is 0 Å². The number of aliphatic hydroxyl groups excluding tert-OH is 1. The van der Waals surface area contributed by atoms with E-state index in [4.69, 9.17) is 4.74 Å². The fourth-order valence-electron chi connectivity index (χ4n) is 13.0. The van der Waals surface area contributed by atoms with E-state index >= 15 is 0 Å². The SMILES string of the molecule is CC1=CCCC2(C)C(CCC2(O)CN(CC23CC4CC(CC(C4)C2)C3)C(=O)Oc2ccc3ccccc3c2)c2ccc(cc2C(=O)c2cccc(C(F)(F)F)c2)CC(O)CC1. The zero-order chi connectivity index (χ0) is 42.7. The van der Waals surface area contributed by atoms with Gasteiger partial charge in [-0.1, -0.05) is 73.2 Å². The highest BCUT2D eigenvalue weighted by molar-refractivity contribution is 6.10. The number of carbonyl (C=O) groups is 2. The minimum atomic E-state index is -4.62. The summed E-state index contributed by atoms with van der Waals surface area (Å²) in [4.78, 5) is 31.1. The Morgan fingerprint density at radius 1 is 0.836 bits per heavy atom. The van der Waals surface area contributed by atoms with Gasteiger partial charge in [0.15, 0.2) is 5.78 Å². The van der Waals surface area contributed by atoms with Gasteiger partial charge >= 0.3 is 12.3 Å². The van der Waals surface area contributed by atoms with Crippen molar-refractivity contribution >= 4 is 22.6 Å². The first kappa shape index (κ1) is 41.9. The predicted octanol–water partition coefficient (Wildman–Crippen LogP) is 11.8. The maximum atomic E-state index is 14.7. The van der Waals surface area contributed by atoms with Crippen molar-refractivity contribution in [3.8, 4) is 5.75 Å². The van der Waals surface area contributed by atoms with E-state index in [1.807, 2.05) is 59.5 Å². The second kappa shape index (κ2) is 16.0. The molecule has 5 saturated carbocycles. The van der Waals surface area contributed by atoms with Crippen molar-refractivity contribution in [1.82, 2.24) is 4.90 Å². The highest BCUT2D eigenvalue weighted by Gasteiger charge is 2.59. The summed E-state index contributed by atoms with van der Waals surface area (Å²) in [5, 5.41) is 26.5. The molecule has 0 spiro atoms. The highest BCUT2D eigenvalue weighted by Crippen LogP contribution is 2.62. The van der Waals surface area contributed by atoms with E-state index in [2.05, 4.69) is 19.9 Å². The Morgan fingerprint density at radius 3 is 2.28 bits per heavy atom. The topological polar surface area (TPSA) is 87.1 Å². The van der Waals surface area contributed by atoms with Gasteiger partial charge in [0.1, 0.15) is 5.75 Å². The van der Waals surface area contributed by atoms with Crippen LogP contribution in [0.5, 0.6) is 5.75 Å². The fraction of sp³-hybridized carbons (Fsp3) is 0.500. The van der Waals surface area contributed by atoms with E-state index in [9.17, 15) is 33.0 Å². The number of hydrogen-bond acceptors (Lipinski definition) is 5. The van der Waals surface area contributed by atoms with E-state index in [1.54, 1.807) is 6.07 Å². The Labute approximate surface area is 357 Å². The highest BCUT2D eigenvalue weighted by atomic mass is 19.4. The van der Waals surface area contributed by atoms with Crippen LogP contribution in [-0.2, 0) is 12.6 Å². The van der Waals surface area contributed by atoms with Crippen molar-refractivity contribution in [2.24, 2.45) is 28.6 Å². The molecular formula is C52H58F3NO5. The number of carbonyl (C=O) groups excluding carboxylic acids is 2. The molecule has 0 saturated heterocycles. The van der Waals surface area contributed by atoms with Crippen LogP contribution in [-0.4, -0.2) is 51.8 Å². The van der Waals surface area contributed by atoms with Crippen LogP contribution in [0.25, 0.3) is 10.8 Å². The molecule has 9 heteroatoms. The molecule has 4 atom stereocenters. The summed E-state index contributed by atoms with van der Waals surface area (Å²) < 4.78 is 48.0. The van der Waals surface area contributed by atoms with Gasteiger partial charge in [-0.2, -0.15) is 13.2 Å². The van der Waals surface area contributed by atoms with Crippen LogP contribution < -0.4 is 4.74 Å². The standard InChI is InChI=1S/C52H58F3NO5/c1-33-7-6-19-49(2)46(44-17-13-34(24-42(57)15-12-33)25-45(44)47(58)40-10-5-11-41(26-40)52(53,54)55)18-20-51(49,60)32-56(31-50-28-35-21-36(29-50)23-37(22-35)30-50)48(59)61-43-16-14-38-8-3-4-9-39(38)27-43/h3-5,7-11,13-14,16-17,25-27,35-37,42,46,57,60H,6,12,15,18-24,28-32H2,1-2H3. The van der Waals surface area contributed by atoms with Crippen molar-refractivity contribution in [1.29, 1.82) is 0 Å². The van der Waals surface area contributed by atoms with Crippen LogP contribution in [0.2, 0.25) is 0 Å². The molecule has 0 aromatic heterocycles. The predicted molar refractivity (Wildman–Crippen MR) is 230 cm³/mol. The molecule has 6 bridgehead atoms. The minimum Gasteiger partial charge on any atom is -0.410 e. The van der Waals surface area contributed by atoms with E-state index in [1.165, 1.54) is 31.4 Å². The number of hydrogen-bond donors (Lipinski definition) is 2. The molecule has 322 valence electrons. The zero-order valence-corrected chi connectivity index (χ0v) is 35.4. The first-order valence-corrected chi connectivity index (χ1v) is 22.5. The summed E-state index contributed by atoms with van der Waals surface area (Å²) in [6.45, 7) is 4.70. The number of allylic oxidation sites excluding steroid dienone is 2. The quantitative estimate of drug-likeness (QED) is 0.143. The van der Waals surface area contributed by atoms with Crippen LogP contribution >= 0.6 is 0 Å². The summed E-state index contributed by atoms with van der Waals surface area (Å²) in [5.41, 5.74) is -0.439. The third-order valence-electron chi connectivity index (χ3n) is 15.7. The van der Waals surface area contributed by atoms with E-state index in [0.717, 1.165) is 53.3 Å². The molecule has 1 amide bonds. The molecule has 4 aromatic carbocycles. The molecule has 6 nitrogen and oxygen atoms in total. The Morgan fingerprint density at radius 2 is 1.56 bits per heavy atom. The molecule has 11 rings (SSSR count). The molecule has 0 radical (unpaired) electrons. The van der Waals surface area contributed by atoms with Gasteiger partial charge < -0.3 is 19.8 Å². The fourth-order valence-corrected chi connectivity index (χ4v) is 13.0. The largest absolute Gasteiger partial charge is 0.416 e. The lowest BCUT2D eigenvalue weighted by Gasteiger charge is -2.58. The summed E-state index contributed by atoms with van der Waals surface area (Å²) in [5.74, 6) is 1.53. The minimum absolute atomic E-state index is 0.0412. The van der Waals surface area contributed by atoms with Gasteiger partial charge in [-0.25, -0.2) is 4.79 Å². The summed E-state index contributed by atoms with van der Waals surface area (Å²) in [6.07, 6.45) is 6.93. The lowest BCUT2D eigenvalue weighted by molar-refractivity contribution is -0.137. The molecule has 0 aliphatic heterocycles. The zero-order valence-electron chi connectivity index (χ0n) is 35.4. The number of amides is 1. The molecular weight excluding hydrogens is 776 g/mol. The van der Waals surface area contributed by atoms with Gasteiger partial charge in [-0.05, 0) is 172 Å². The molecule has 4 unspecified atom stereocenters. The number of alkyl halides is 3. The first-order chi connectivity index (χ1) is 29.1. The molecule has 2 N–H and O–H groups in total. The molecule has 7 aliphatic rings. The molecule has 7 aliphatic carbocycles. The Balaban J connectivity index is 1.10. The maximum Gasteiger partial charge on any atom is 0.416 e. The van der Waals surface area contributed by atoms with Crippen molar-refractivity contribution in [3.63, 3.8) is 0 Å². The monoisotopic (exact) mass is 833 g/mol. The molecule has 5 fully saturated rings. The van der Waals surface area contributed by atoms with Crippen molar-refractivity contribution < 1.29 is 37.7 Å². The van der Waals surface area contributed by atoms with Gasteiger partial charge in [0.05, 0.1) is 23.8 Å². The van der Waals surface area contributed by atoms with E-state index < -0.39 is 40.7 Å². The Kier molecular flexibility index (Phi) is 11.0. The van der Waals surface area contributed by atoms with E-state index in [-0.39, 0.29) is 29.0 Å². The van der Waals surface area contributed by atoms with E-state index in [0.29, 0.717) is 80.6 Å². The lowest BCUT2D eigenvalue weighted by Crippen LogP contribution is -2.58. The van der Waals surface area contributed by atoms with Crippen molar-refractivity contribution in [2.45, 2.75) is 121 Å². The third kappa shape index (κ3) is 8.29. The second-order valence-corrected chi connectivity index (χ2v) is 20.0. The van der Waals surface area contributed by atoms with Gasteiger partial charge in [-0.3, -0.25) is 4.79 Å². The number of aliphatic hydroxyl groups is 2. The number of benzene rings is 4. The molecule has 0 heterocycles. The number of rotatable bonds is 7. The van der Waals surface area contributed by atoms with Crippen LogP contribution in [0.1, 0.15) is 129 Å². The average Bonchev–Trinajstić information content (AvgIpc) is 3.46. The maximum absolute atomic E-state index is 14.7. The normalized spacial score (nSPS) is 31.1. The third-order valence-corrected chi connectivity index (χ3v) is 15.7. The first-order valence-electron chi connectivity index (χ1n) is 22.5. The molecule has 61 heavy (non-hydrogen) atoms. The van der Waals surface area contributed by atoms with Gasteiger partial charge in [0, 0.05) is 23.1 Å². The van der Waals surface area contributed by atoms with Crippen LogP contribution in [0.3, 0.4) is 0 Å². The number of ketones is 1. The number of halogens is 3. The number of nitrogens with zero attached hydrogens (tertiary/aromatic N) is 1. The Hall–Kier alpha value is -4.47. The summed E-state index contributed by atoms with van der Waals surface area (Å²) in [6, 6.07) is 23.7. The van der Waals surface area contributed by atoms with Gasteiger partial charge in [0.2, 0.25) is 0 Å². The van der Waals surface area contributed by atoms with Crippen LogP contribution in [0, 0.1) is 28.6 Å². The smallest absolute Gasteiger partial charge is 0.410 e. The van der Waals surface area contributed by atoms with Crippen molar-refractivity contribution in [3.05, 3.63) is 124 Å². The second-order valence-electron chi connectivity index (χ2n) is 20.0. The molecule has 4 aromatic rings. The van der Waals surface area contributed by atoms with Crippen molar-refractivity contribution in [2.75, 3.05) is 13.1 Å². The summed E-state index contributed by atoms with van der Waals surface area (Å²) in [7, 11) is 0. The Bertz CT molecular complexity index is 2320. The van der Waals surface area contributed by atoms with Gasteiger partial charge in [0.25, 0.3) is 0 Å². The van der Waals surface area contributed by atoms with Crippen LogP contribution in [0.4, 0.5) is 18.0 Å². The average molecular weight is 834 g/mol. The summed E-state index contributed by atoms with van der Waals surface area (Å²) >= 11 is 0. The number of fused-ring (bicyclic) bond motifs is 9.